The summed E-state index contributed by atoms with van der Waals surface area (Å²) in [7, 11) is 0. The van der Waals surface area contributed by atoms with Crippen LogP contribution in [0.1, 0.15) is 44.2 Å². The lowest BCUT2D eigenvalue weighted by atomic mass is 9.86. The van der Waals surface area contributed by atoms with Crippen molar-refractivity contribution >= 4 is 17.6 Å². The van der Waals surface area contributed by atoms with Crippen LogP contribution in [-0.4, -0.2) is 4.37 Å². The Hall–Kier alpha value is -0.630. The Morgan fingerprint density at radius 3 is 2.77 bits per heavy atom. The Labute approximate surface area is 84.7 Å². The molecule has 0 aliphatic heterocycles. The minimum atomic E-state index is 0.272. The summed E-state index contributed by atoms with van der Waals surface area (Å²) in [5.74, 6) is 0. The van der Waals surface area contributed by atoms with E-state index in [1.807, 2.05) is 6.08 Å². The van der Waals surface area contributed by atoms with E-state index < -0.39 is 0 Å². The molecular formula is C11H17NS. The Morgan fingerprint density at radius 1 is 1.62 bits per heavy atom. The summed E-state index contributed by atoms with van der Waals surface area (Å²) in [5.41, 5.74) is 1.28. The molecule has 0 saturated carbocycles. The number of rotatable bonds is 4. The quantitative estimate of drug-likeness (QED) is 0.711. The van der Waals surface area contributed by atoms with Gasteiger partial charge in [-0.3, -0.25) is 0 Å². The molecule has 0 aliphatic rings. The van der Waals surface area contributed by atoms with Crippen molar-refractivity contribution < 1.29 is 0 Å². The maximum Gasteiger partial charge on any atom is 0.0765 e. The molecule has 0 spiro atoms. The molecule has 72 valence electrons. The van der Waals surface area contributed by atoms with Crippen LogP contribution < -0.4 is 0 Å². The van der Waals surface area contributed by atoms with Gasteiger partial charge >= 0.3 is 0 Å². The first kappa shape index (κ1) is 10.5. The van der Waals surface area contributed by atoms with Crippen molar-refractivity contribution in [3.8, 4) is 0 Å². The molecule has 0 N–H and O–H groups in total. The Bertz CT molecular complexity index is 286. The Morgan fingerprint density at radius 2 is 2.31 bits per heavy atom. The molecule has 0 unspecified atom stereocenters. The molecule has 1 nitrogen and oxygen atoms in total. The third-order valence-corrected chi connectivity index (χ3v) is 3.45. The van der Waals surface area contributed by atoms with Crippen LogP contribution >= 0.6 is 11.5 Å². The lowest BCUT2D eigenvalue weighted by molar-refractivity contribution is 0.482. The summed E-state index contributed by atoms with van der Waals surface area (Å²) in [5, 5.41) is 0. The summed E-state index contributed by atoms with van der Waals surface area (Å²) in [6.07, 6.45) is 4.24. The third kappa shape index (κ3) is 2.41. The molecule has 1 rings (SSSR count). The van der Waals surface area contributed by atoms with Crippen LogP contribution in [-0.2, 0) is 5.41 Å². The predicted molar refractivity (Wildman–Crippen MR) is 60.1 cm³/mol. The zero-order valence-corrected chi connectivity index (χ0v) is 9.45. The molecule has 0 saturated heterocycles. The van der Waals surface area contributed by atoms with Gasteiger partial charge in [-0.1, -0.05) is 33.8 Å². The van der Waals surface area contributed by atoms with E-state index in [9.17, 15) is 0 Å². The van der Waals surface area contributed by atoms with Gasteiger partial charge in [0, 0.05) is 10.3 Å². The average Bonchev–Trinajstić information content (AvgIpc) is 2.52. The standard InChI is InChI=1S/C11H17NS/c1-5-7-11(3,4)10-8-9(6-2)12-13-10/h6,8H,2,5,7H2,1,3-4H3. The number of hydrogen-bond donors (Lipinski definition) is 0. The van der Waals surface area contributed by atoms with Crippen LogP contribution in [0.2, 0.25) is 0 Å². The molecule has 13 heavy (non-hydrogen) atoms. The van der Waals surface area contributed by atoms with Crippen LogP contribution in [0.5, 0.6) is 0 Å². The lowest BCUT2D eigenvalue weighted by Crippen LogP contribution is -2.14. The van der Waals surface area contributed by atoms with E-state index >= 15 is 0 Å². The van der Waals surface area contributed by atoms with Crippen molar-refractivity contribution in [3.05, 3.63) is 23.2 Å². The first-order chi connectivity index (χ1) is 6.10. The molecule has 0 radical (unpaired) electrons. The molecular weight excluding hydrogens is 178 g/mol. The molecule has 0 aromatic carbocycles. The van der Waals surface area contributed by atoms with E-state index in [0.717, 1.165) is 5.69 Å². The second-order valence-electron chi connectivity index (χ2n) is 3.95. The molecule has 1 aromatic heterocycles. The van der Waals surface area contributed by atoms with E-state index in [1.54, 1.807) is 11.5 Å². The fourth-order valence-electron chi connectivity index (χ4n) is 1.45. The van der Waals surface area contributed by atoms with Gasteiger partial charge in [-0.05, 0) is 30.1 Å². The maximum atomic E-state index is 4.31. The van der Waals surface area contributed by atoms with Crippen molar-refractivity contribution in [1.29, 1.82) is 0 Å². The van der Waals surface area contributed by atoms with E-state index in [4.69, 9.17) is 0 Å². The average molecular weight is 195 g/mol. The second-order valence-corrected chi connectivity index (χ2v) is 4.76. The van der Waals surface area contributed by atoms with E-state index in [0.29, 0.717) is 0 Å². The fourth-order valence-corrected chi connectivity index (χ4v) is 2.31. The van der Waals surface area contributed by atoms with Crippen LogP contribution in [0.3, 0.4) is 0 Å². The Kier molecular flexibility index (Phi) is 3.26. The van der Waals surface area contributed by atoms with Gasteiger partial charge in [0.1, 0.15) is 0 Å². The van der Waals surface area contributed by atoms with Gasteiger partial charge < -0.3 is 0 Å². The summed E-state index contributed by atoms with van der Waals surface area (Å²) in [4.78, 5) is 1.37. The van der Waals surface area contributed by atoms with Gasteiger partial charge in [0.2, 0.25) is 0 Å². The van der Waals surface area contributed by atoms with Gasteiger partial charge in [-0.2, -0.15) is 4.37 Å². The van der Waals surface area contributed by atoms with Crippen molar-refractivity contribution in [1.82, 2.24) is 4.37 Å². The summed E-state index contributed by atoms with van der Waals surface area (Å²) in [6, 6.07) is 2.15. The first-order valence-electron chi connectivity index (χ1n) is 4.70. The number of nitrogens with zero attached hydrogens (tertiary/aromatic N) is 1. The molecule has 0 bridgehead atoms. The van der Waals surface area contributed by atoms with Gasteiger partial charge in [0.05, 0.1) is 5.69 Å². The van der Waals surface area contributed by atoms with Crippen LogP contribution in [0.25, 0.3) is 6.08 Å². The molecule has 0 amide bonds. The van der Waals surface area contributed by atoms with Crippen molar-refractivity contribution in [2.75, 3.05) is 0 Å². The maximum absolute atomic E-state index is 4.31. The summed E-state index contributed by atoms with van der Waals surface area (Å²) < 4.78 is 4.31. The number of aromatic nitrogens is 1. The second kappa shape index (κ2) is 4.05. The largest absolute Gasteiger partial charge is 0.193 e. The molecule has 0 fully saturated rings. The van der Waals surface area contributed by atoms with Gasteiger partial charge in [-0.15, -0.1) is 0 Å². The van der Waals surface area contributed by atoms with Crippen LogP contribution in [0.15, 0.2) is 12.6 Å². The molecule has 1 aromatic rings. The number of hydrogen-bond acceptors (Lipinski definition) is 2. The summed E-state index contributed by atoms with van der Waals surface area (Å²) in [6.45, 7) is 10.5. The topological polar surface area (TPSA) is 12.9 Å². The van der Waals surface area contributed by atoms with E-state index in [1.165, 1.54) is 17.7 Å². The molecule has 2 heteroatoms. The van der Waals surface area contributed by atoms with Crippen LogP contribution in [0.4, 0.5) is 0 Å². The minimum Gasteiger partial charge on any atom is -0.193 e. The highest BCUT2D eigenvalue weighted by atomic mass is 32.1. The summed E-state index contributed by atoms with van der Waals surface area (Å²) >= 11 is 1.60. The van der Waals surface area contributed by atoms with Crippen molar-refractivity contribution in [2.45, 2.75) is 39.0 Å². The van der Waals surface area contributed by atoms with Crippen molar-refractivity contribution in [2.24, 2.45) is 0 Å². The highest BCUT2D eigenvalue weighted by Crippen LogP contribution is 2.31. The zero-order chi connectivity index (χ0) is 9.90. The normalized spacial score (nSPS) is 11.6. The van der Waals surface area contributed by atoms with Gasteiger partial charge in [0.15, 0.2) is 0 Å². The smallest absolute Gasteiger partial charge is 0.0765 e. The highest BCUT2D eigenvalue weighted by molar-refractivity contribution is 7.06. The SMILES string of the molecule is C=Cc1cc(C(C)(C)CCC)sn1. The lowest BCUT2D eigenvalue weighted by Gasteiger charge is -2.21. The minimum absolute atomic E-state index is 0.272. The molecule has 1 heterocycles. The molecule has 0 aliphatic carbocycles. The van der Waals surface area contributed by atoms with Crippen LogP contribution in [0, 0.1) is 0 Å². The van der Waals surface area contributed by atoms with Crippen molar-refractivity contribution in [3.63, 3.8) is 0 Å². The molecule has 0 atom stereocenters. The Balaban J connectivity index is 2.86. The monoisotopic (exact) mass is 195 g/mol. The van der Waals surface area contributed by atoms with E-state index in [-0.39, 0.29) is 5.41 Å². The predicted octanol–water partition coefficient (Wildman–Crippen LogP) is 3.86. The first-order valence-corrected chi connectivity index (χ1v) is 5.47. The van der Waals surface area contributed by atoms with Gasteiger partial charge in [0.25, 0.3) is 0 Å². The van der Waals surface area contributed by atoms with E-state index in [2.05, 4.69) is 37.8 Å². The highest BCUT2D eigenvalue weighted by Gasteiger charge is 2.21. The fraction of sp³-hybridized carbons (Fsp3) is 0.545. The van der Waals surface area contributed by atoms with Gasteiger partial charge in [-0.25, -0.2) is 0 Å². The zero-order valence-electron chi connectivity index (χ0n) is 8.63. The third-order valence-electron chi connectivity index (χ3n) is 2.28.